The van der Waals surface area contributed by atoms with Gasteiger partial charge in [-0.1, -0.05) is 0 Å². The molecule has 0 atom stereocenters. The van der Waals surface area contributed by atoms with Gasteiger partial charge in [0.05, 0.1) is 5.69 Å². The van der Waals surface area contributed by atoms with Crippen LogP contribution in [0.3, 0.4) is 0 Å². The number of ether oxygens (including phenoxy) is 1. The number of nitrogen functional groups attached to an aromatic ring is 1. The van der Waals surface area contributed by atoms with Crippen molar-refractivity contribution in [2.75, 3.05) is 37.9 Å². The molecule has 0 spiro atoms. The zero-order valence-electron chi connectivity index (χ0n) is 12.3. The Morgan fingerprint density at radius 2 is 2.14 bits per heavy atom. The van der Waals surface area contributed by atoms with Crippen LogP contribution in [0.25, 0.3) is 0 Å². The summed E-state index contributed by atoms with van der Waals surface area (Å²) in [6.07, 6.45) is 3.52. The third-order valence-electron chi connectivity index (χ3n) is 3.41. The molecule has 118 valence electrons. The van der Waals surface area contributed by atoms with Crippen LogP contribution >= 0.6 is 0 Å². The smallest absolute Gasteiger partial charge is 0.242 e. The van der Waals surface area contributed by atoms with Gasteiger partial charge in [-0.15, -0.1) is 0 Å². The Kier molecular flexibility index (Phi) is 5.44. The zero-order chi connectivity index (χ0) is 15.3. The molecule has 1 aromatic rings. The number of nitrogens with one attached hydrogen (secondary N) is 2. The van der Waals surface area contributed by atoms with Gasteiger partial charge >= 0.3 is 0 Å². The molecule has 0 aromatic heterocycles. The third kappa shape index (κ3) is 4.87. The van der Waals surface area contributed by atoms with Crippen molar-refractivity contribution in [3.63, 3.8) is 0 Å². The number of nitrogens with two attached hydrogens (primary N) is 1. The van der Waals surface area contributed by atoms with Gasteiger partial charge in [-0.25, -0.2) is 13.1 Å². The van der Waals surface area contributed by atoms with Crippen molar-refractivity contribution >= 4 is 21.4 Å². The van der Waals surface area contributed by atoms with Gasteiger partial charge in [0.15, 0.2) is 0 Å². The molecule has 6 nitrogen and oxygen atoms in total. The molecule has 0 radical (unpaired) electrons. The van der Waals surface area contributed by atoms with Crippen molar-refractivity contribution in [2.45, 2.75) is 24.2 Å². The molecule has 0 saturated heterocycles. The summed E-state index contributed by atoms with van der Waals surface area (Å²) in [5.41, 5.74) is 6.84. The van der Waals surface area contributed by atoms with Crippen LogP contribution in [0, 0.1) is 5.92 Å². The summed E-state index contributed by atoms with van der Waals surface area (Å²) >= 11 is 0. The van der Waals surface area contributed by atoms with Gasteiger partial charge in [0, 0.05) is 25.4 Å². The van der Waals surface area contributed by atoms with Crippen LogP contribution in [0.15, 0.2) is 23.1 Å². The number of benzene rings is 1. The average molecular weight is 313 g/mol. The first-order chi connectivity index (χ1) is 10.0. The second-order valence-corrected chi connectivity index (χ2v) is 7.11. The molecule has 0 unspecified atom stereocenters. The van der Waals surface area contributed by atoms with E-state index in [9.17, 15) is 8.42 Å². The number of rotatable bonds is 9. The maximum Gasteiger partial charge on any atom is 0.242 e. The van der Waals surface area contributed by atoms with E-state index in [0.29, 0.717) is 0 Å². The highest BCUT2D eigenvalue weighted by atomic mass is 32.2. The van der Waals surface area contributed by atoms with Crippen LogP contribution < -0.4 is 15.8 Å². The summed E-state index contributed by atoms with van der Waals surface area (Å²) in [7, 11) is -2.14. The minimum atomic E-state index is -3.50. The molecule has 0 amide bonds. The van der Waals surface area contributed by atoms with E-state index >= 15 is 0 Å². The summed E-state index contributed by atoms with van der Waals surface area (Å²) in [4.78, 5) is 0.100. The summed E-state index contributed by atoms with van der Waals surface area (Å²) in [5.74, 6) is 0.791. The number of sulfonamides is 1. The predicted octanol–water partition coefficient (Wildman–Crippen LogP) is 1.41. The summed E-state index contributed by atoms with van der Waals surface area (Å²) in [6, 6.07) is 4.86. The van der Waals surface area contributed by atoms with E-state index in [1.54, 1.807) is 12.1 Å². The summed E-state index contributed by atoms with van der Waals surface area (Å²) in [5, 5.41) is 3.21. The minimum Gasteiger partial charge on any atom is -0.398 e. The highest BCUT2D eigenvalue weighted by Crippen LogP contribution is 2.28. The van der Waals surface area contributed by atoms with Crippen LogP contribution in [-0.2, 0) is 14.8 Å². The molecule has 7 heteroatoms. The molecule has 0 heterocycles. The normalized spacial score (nSPS) is 15.1. The fraction of sp³-hybridized carbons (Fsp3) is 0.571. The average Bonchev–Trinajstić information content (AvgIpc) is 3.26. The lowest BCUT2D eigenvalue weighted by molar-refractivity contribution is 0.124. The maximum absolute atomic E-state index is 11.7. The first kappa shape index (κ1) is 16.1. The lowest BCUT2D eigenvalue weighted by Crippen LogP contribution is -2.20. The second-order valence-electron chi connectivity index (χ2n) is 5.26. The van der Waals surface area contributed by atoms with Gasteiger partial charge in [0.1, 0.15) is 4.90 Å². The molecule has 1 aliphatic carbocycles. The number of hydrogen-bond donors (Lipinski definition) is 3. The largest absolute Gasteiger partial charge is 0.398 e. The predicted molar refractivity (Wildman–Crippen MR) is 83.7 cm³/mol. The van der Waals surface area contributed by atoms with Crippen molar-refractivity contribution < 1.29 is 13.2 Å². The Balaban J connectivity index is 1.77. The summed E-state index contributed by atoms with van der Waals surface area (Å²) < 4.78 is 31.2. The van der Waals surface area contributed by atoms with Gasteiger partial charge < -0.3 is 15.8 Å². The lowest BCUT2D eigenvalue weighted by Gasteiger charge is -2.10. The van der Waals surface area contributed by atoms with E-state index in [-0.39, 0.29) is 10.6 Å². The van der Waals surface area contributed by atoms with Crippen molar-refractivity contribution in [1.29, 1.82) is 0 Å². The van der Waals surface area contributed by atoms with Gasteiger partial charge in [0.2, 0.25) is 10.0 Å². The highest BCUT2D eigenvalue weighted by Gasteiger charge is 2.20. The Bertz CT molecular complexity index is 571. The molecular weight excluding hydrogens is 290 g/mol. The maximum atomic E-state index is 11.7. The van der Waals surface area contributed by atoms with Crippen LogP contribution in [-0.4, -0.2) is 35.2 Å². The van der Waals surface area contributed by atoms with Crippen LogP contribution in [0.4, 0.5) is 11.4 Å². The summed E-state index contributed by atoms with van der Waals surface area (Å²) in [6.45, 7) is 2.39. The van der Waals surface area contributed by atoms with E-state index < -0.39 is 10.0 Å². The van der Waals surface area contributed by atoms with Crippen molar-refractivity contribution in [2.24, 2.45) is 5.92 Å². The lowest BCUT2D eigenvalue weighted by atomic mass is 10.2. The molecule has 1 saturated carbocycles. The van der Waals surface area contributed by atoms with Gasteiger partial charge in [-0.05, 0) is 50.4 Å². The standard InChI is InChI=1S/C14H23N3O3S/c1-16-21(18,19)14-6-5-12(9-13(14)15)17-7-2-8-20-10-11-3-4-11/h5-6,9,11,16-17H,2-4,7-8,10,15H2,1H3. The third-order valence-corrected chi connectivity index (χ3v) is 4.90. The molecule has 1 aliphatic rings. The Morgan fingerprint density at radius 1 is 1.38 bits per heavy atom. The molecule has 21 heavy (non-hydrogen) atoms. The monoisotopic (exact) mass is 313 g/mol. The fourth-order valence-electron chi connectivity index (χ4n) is 1.95. The van der Waals surface area contributed by atoms with Gasteiger partial charge in [0.25, 0.3) is 0 Å². The van der Waals surface area contributed by atoms with Crippen LogP contribution in [0.1, 0.15) is 19.3 Å². The van der Waals surface area contributed by atoms with Crippen molar-refractivity contribution in [3.05, 3.63) is 18.2 Å². The van der Waals surface area contributed by atoms with E-state index in [0.717, 1.165) is 37.8 Å². The van der Waals surface area contributed by atoms with E-state index in [1.165, 1.54) is 26.0 Å². The zero-order valence-corrected chi connectivity index (χ0v) is 13.1. The van der Waals surface area contributed by atoms with Crippen LogP contribution in [0.5, 0.6) is 0 Å². The van der Waals surface area contributed by atoms with Crippen molar-refractivity contribution in [3.8, 4) is 0 Å². The quantitative estimate of drug-likeness (QED) is 0.473. The molecular formula is C14H23N3O3S. The molecule has 0 aliphatic heterocycles. The highest BCUT2D eigenvalue weighted by molar-refractivity contribution is 7.89. The first-order valence-electron chi connectivity index (χ1n) is 7.17. The first-order valence-corrected chi connectivity index (χ1v) is 8.66. The number of anilines is 2. The van der Waals surface area contributed by atoms with Crippen LogP contribution in [0.2, 0.25) is 0 Å². The number of hydrogen-bond acceptors (Lipinski definition) is 5. The molecule has 4 N–H and O–H groups in total. The second kappa shape index (κ2) is 7.11. The Hall–Kier alpha value is -1.31. The molecule has 0 bridgehead atoms. The van der Waals surface area contributed by atoms with Crippen molar-refractivity contribution in [1.82, 2.24) is 4.72 Å². The van der Waals surface area contributed by atoms with E-state index in [4.69, 9.17) is 10.5 Å². The topological polar surface area (TPSA) is 93.5 Å². The van der Waals surface area contributed by atoms with E-state index in [2.05, 4.69) is 10.0 Å². The Morgan fingerprint density at radius 3 is 2.76 bits per heavy atom. The van der Waals surface area contributed by atoms with E-state index in [1.807, 2.05) is 0 Å². The SMILES string of the molecule is CNS(=O)(=O)c1ccc(NCCCOCC2CC2)cc1N. The molecule has 1 fully saturated rings. The molecule has 2 rings (SSSR count). The Labute approximate surface area is 126 Å². The van der Waals surface area contributed by atoms with Gasteiger partial charge in [-0.2, -0.15) is 0 Å². The fourth-order valence-corrected chi connectivity index (χ4v) is 2.79. The molecule has 1 aromatic carbocycles. The minimum absolute atomic E-state index is 0.100. The van der Waals surface area contributed by atoms with Gasteiger partial charge in [-0.3, -0.25) is 0 Å².